The first-order valence-corrected chi connectivity index (χ1v) is 11.8. The van der Waals surface area contributed by atoms with Gasteiger partial charge in [0.25, 0.3) is 11.8 Å². The molecule has 0 saturated heterocycles. The molecule has 2 N–H and O–H groups in total. The Morgan fingerprint density at radius 3 is 2.65 bits per heavy atom. The molecule has 6 rings (SSSR count). The Hall–Kier alpha value is -4.83. The quantitative estimate of drug-likeness (QED) is 0.352. The topological polar surface area (TPSA) is 119 Å². The molecule has 3 heterocycles. The van der Waals surface area contributed by atoms with Crippen molar-refractivity contribution in [1.82, 2.24) is 19.7 Å². The molecule has 10 nitrogen and oxygen atoms in total. The Morgan fingerprint density at radius 2 is 1.78 bits per heavy atom. The standard InChI is InChI=1S/C27H23N7O3/c1-36-16-15-34-21-14-8-7-13-20(21)28-24(34)26-32-33-27(37-26)31-23-25(35)29-19-12-6-5-11-18(19)22(30-23)17-9-3-2-4-10-17/h2-14,23H,15-16H2,1H3,(H,29,35)(H,31,33)/t23-/m1/s1. The number of anilines is 2. The van der Waals surface area contributed by atoms with Crippen LogP contribution in [0.1, 0.15) is 11.1 Å². The average molecular weight is 494 g/mol. The van der Waals surface area contributed by atoms with Crippen LogP contribution in [0.5, 0.6) is 0 Å². The monoisotopic (exact) mass is 493 g/mol. The van der Waals surface area contributed by atoms with Gasteiger partial charge in [0.15, 0.2) is 5.82 Å². The van der Waals surface area contributed by atoms with Gasteiger partial charge in [0, 0.05) is 24.8 Å². The minimum Gasteiger partial charge on any atom is -0.400 e. The van der Waals surface area contributed by atoms with E-state index in [4.69, 9.17) is 14.1 Å². The molecular weight excluding hydrogens is 470 g/mol. The number of imidazole rings is 1. The lowest BCUT2D eigenvalue weighted by molar-refractivity contribution is -0.116. The molecule has 0 aliphatic carbocycles. The van der Waals surface area contributed by atoms with Gasteiger partial charge in [-0.25, -0.2) is 9.98 Å². The summed E-state index contributed by atoms with van der Waals surface area (Å²) in [6, 6.07) is 25.1. The summed E-state index contributed by atoms with van der Waals surface area (Å²) in [5.74, 6) is 0.398. The summed E-state index contributed by atoms with van der Waals surface area (Å²) in [5.41, 5.74) is 4.80. The van der Waals surface area contributed by atoms with Crippen LogP contribution in [0, 0.1) is 0 Å². The Labute approximate surface area is 212 Å². The molecule has 1 atom stereocenters. The van der Waals surface area contributed by atoms with Crippen LogP contribution in [0.25, 0.3) is 22.7 Å². The van der Waals surface area contributed by atoms with Gasteiger partial charge in [0.2, 0.25) is 6.17 Å². The number of benzene rings is 3. The zero-order chi connectivity index (χ0) is 25.2. The van der Waals surface area contributed by atoms with Crippen molar-refractivity contribution in [3.05, 3.63) is 90.0 Å². The predicted octanol–water partition coefficient (Wildman–Crippen LogP) is 3.96. The van der Waals surface area contributed by atoms with Crippen molar-refractivity contribution >= 4 is 34.4 Å². The summed E-state index contributed by atoms with van der Waals surface area (Å²) in [6.07, 6.45) is -0.997. The molecule has 10 heteroatoms. The SMILES string of the molecule is COCCn1c(-c2nnc(N[C@H]3N=C(c4ccccc4)c4ccccc4NC3=O)o2)nc2ccccc21. The number of nitrogens with zero attached hydrogens (tertiary/aromatic N) is 5. The maximum atomic E-state index is 13.1. The molecule has 0 unspecified atom stereocenters. The Balaban J connectivity index is 1.35. The van der Waals surface area contributed by atoms with Crippen LogP contribution in [0.4, 0.5) is 11.7 Å². The molecule has 1 amide bonds. The first-order valence-electron chi connectivity index (χ1n) is 11.8. The number of amides is 1. The maximum absolute atomic E-state index is 13.1. The van der Waals surface area contributed by atoms with Crippen LogP contribution >= 0.6 is 0 Å². The smallest absolute Gasteiger partial charge is 0.317 e. The van der Waals surface area contributed by atoms with Crippen LogP contribution in [0.15, 0.2) is 88.3 Å². The third kappa shape index (κ3) is 4.34. The largest absolute Gasteiger partial charge is 0.400 e. The number of benzodiazepines with no additional fused rings is 1. The van der Waals surface area contributed by atoms with E-state index < -0.39 is 6.17 Å². The van der Waals surface area contributed by atoms with Crippen molar-refractivity contribution in [2.24, 2.45) is 4.99 Å². The fourth-order valence-electron chi connectivity index (χ4n) is 4.32. The summed E-state index contributed by atoms with van der Waals surface area (Å²) in [4.78, 5) is 22.6. The number of aliphatic imine (C=N–C) groups is 1. The number of methoxy groups -OCH3 is 1. The zero-order valence-corrected chi connectivity index (χ0v) is 20.0. The van der Waals surface area contributed by atoms with Gasteiger partial charge in [0.1, 0.15) is 0 Å². The zero-order valence-electron chi connectivity index (χ0n) is 20.0. The minimum atomic E-state index is -0.997. The second-order valence-electron chi connectivity index (χ2n) is 8.41. The number of hydrogen-bond donors (Lipinski definition) is 2. The Kier molecular flexibility index (Phi) is 5.91. The number of aromatic nitrogens is 4. The molecule has 184 valence electrons. The highest BCUT2D eigenvalue weighted by Gasteiger charge is 2.27. The van der Waals surface area contributed by atoms with Gasteiger partial charge in [-0.1, -0.05) is 65.8 Å². The minimum absolute atomic E-state index is 0.0580. The van der Waals surface area contributed by atoms with Crippen LogP contribution < -0.4 is 10.6 Å². The van der Waals surface area contributed by atoms with Crippen LogP contribution in [0.3, 0.4) is 0 Å². The Bertz CT molecular complexity index is 1610. The molecule has 5 aromatic rings. The number of para-hydroxylation sites is 3. The van der Waals surface area contributed by atoms with Crippen molar-refractivity contribution in [2.45, 2.75) is 12.7 Å². The van der Waals surface area contributed by atoms with Crippen molar-refractivity contribution in [3.63, 3.8) is 0 Å². The molecule has 37 heavy (non-hydrogen) atoms. The lowest BCUT2D eigenvalue weighted by atomic mass is 10.0. The van der Waals surface area contributed by atoms with Crippen LogP contribution in [0.2, 0.25) is 0 Å². The van der Waals surface area contributed by atoms with Gasteiger partial charge in [-0.05, 0) is 18.2 Å². The van der Waals surface area contributed by atoms with Gasteiger partial charge in [-0.2, -0.15) is 0 Å². The molecule has 2 aromatic heterocycles. The van der Waals surface area contributed by atoms with E-state index in [0.29, 0.717) is 30.4 Å². The molecule has 1 aliphatic rings. The lowest BCUT2D eigenvalue weighted by Gasteiger charge is -2.11. The fraction of sp³-hybridized carbons (Fsp3) is 0.148. The number of ether oxygens (including phenoxy) is 1. The molecule has 0 bridgehead atoms. The molecule has 0 radical (unpaired) electrons. The highest BCUT2D eigenvalue weighted by Crippen LogP contribution is 2.27. The summed E-state index contributed by atoms with van der Waals surface area (Å²) < 4.78 is 13.2. The average Bonchev–Trinajstić information content (AvgIpc) is 3.51. The third-order valence-corrected chi connectivity index (χ3v) is 6.04. The van der Waals surface area contributed by atoms with Crippen molar-refractivity contribution in [1.29, 1.82) is 0 Å². The van der Waals surface area contributed by atoms with E-state index in [1.165, 1.54) is 0 Å². The molecule has 0 fully saturated rings. The molecule has 3 aromatic carbocycles. The number of nitrogens with one attached hydrogen (secondary N) is 2. The molecule has 1 aliphatic heterocycles. The maximum Gasteiger partial charge on any atom is 0.317 e. The van der Waals surface area contributed by atoms with E-state index in [2.05, 4.69) is 25.8 Å². The first-order chi connectivity index (χ1) is 18.2. The normalized spacial score (nSPS) is 15.1. The van der Waals surface area contributed by atoms with E-state index in [1.54, 1.807) is 7.11 Å². The van der Waals surface area contributed by atoms with E-state index in [0.717, 1.165) is 22.2 Å². The summed E-state index contributed by atoms with van der Waals surface area (Å²) >= 11 is 0. The number of fused-ring (bicyclic) bond motifs is 2. The summed E-state index contributed by atoms with van der Waals surface area (Å²) in [6.45, 7) is 1.05. The second kappa shape index (κ2) is 9.67. The van der Waals surface area contributed by atoms with Crippen molar-refractivity contribution < 1.29 is 13.9 Å². The summed E-state index contributed by atoms with van der Waals surface area (Å²) in [7, 11) is 1.65. The molecule has 0 saturated carbocycles. The number of carbonyl (C=O) groups excluding carboxylic acids is 1. The third-order valence-electron chi connectivity index (χ3n) is 6.04. The highest BCUT2D eigenvalue weighted by atomic mass is 16.5. The van der Waals surface area contributed by atoms with Crippen LogP contribution in [-0.2, 0) is 16.1 Å². The van der Waals surface area contributed by atoms with Gasteiger partial charge in [-0.3, -0.25) is 4.79 Å². The van der Waals surface area contributed by atoms with Gasteiger partial charge in [-0.15, -0.1) is 5.10 Å². The number of hydrogen-bond acceptors (Lipinski definition) is 8. The first kappa shape index (κ1) is 22.6. The highest BCUT2D eigenvalue weighted by molar-refractivity contribution is 6.19. The van der Waals surface area contributed by atoms with Crippen molar-refractivity contribution in [3.8, 4) is 11.7 Å². The van der Waals surface area contributed by atoms with Crippen LogP contribution in [-0.4, -0.2) is 51.2 Å². The van der Waals surface area contributed by atoms with E-state index in [9.17, 15) is 4.79 Å². The van der Waals surface area contributed by atoms with E-state index >= 15 is 0 Å². The lowest BCUT2D eigenvalue weighted by Crippen LogP contribution is -2.32. The van der Waals surface area contributed by atoms with Crippen molar-refractivity contribution in [2.75, 3.05) is 24.4 Å². The summed E-state index contributed by atoms with van der Waals surface area (Å²) in [5, 5.41) is 14.3. The molecule has 0 spiro atoms. The number of rotatable bonds is 7. The van der Waals surface area contributed by atoms with Gasteiger partial charge < -0.3 is 24.4 Å². The molecular formula is C27H23N7O3. The van der Waals surface area contributed by atoms with E-state index in [1.807, 2.05) is 83.4 Å². The Morgan fingerprint density at radius 1 is 1.00 bits per heavy atom. The second-order valence-corrected chi connectivity index (χ2v) is 8.41. The van der Waals surface area contributed by atoms with Gasteiger partial charge in [0.05, 0.1) is 29.0 Å². The fourth-order valence-corrected chi connectivity index (χ4v) is 4.32. The number of carbonyl (C=O) groups is 1. The van der Waals surface area contributed by atoms with E-state index in [-0.39, 0.29) is 17.8 Å². The predicted molar refractivity (Wildman–Crippen MR) is 139 cm³/mol. The van der Waals surface area contributed by atoms with Gasteiger partial charge >= 0.3 is 6.01 Å².